The summed E-state index contributed by atoms with van der Waals surface area (Å²) >= 11 is 5.01. The Labute approximate surface area is 129 Å². The molecule has 0 bridgehead atoms. The van der Waals surface area contributed by atoms with Gasteiger partial charge in [0.15, 0.2) is 5.13 Å². The van der Waals surface area contributed by atoms with E-state index >= 15 is 0 Å². The Morgan fingerprint density at radius 3 is 2.70 bits per heavy atom. The van der Waals surface area contributed by atoms with E-state index in [0.717, 1.165) is 26.7 Å². The molecule has 0 unspecified atom stereocenters. The molecular weight excluding hydrogens is 334 g/mol. The largest absolute Gasteiger partial charge is 0.316 e. The van der Waals surface area contributed by atoms with Gasteiger partial charge in [0.2, 0.25) is 0 Å². The molecule has 5 heteroatoms. The molecule has 0 amide bonds. The first-order valence-corrected chi connectivity index (χ1v) is 7.79. The van der Waals surface area contributed by atoms with E-state index in [4.69, 9.17) is 0 Å². The molecule has 100 valence electrons. The number of anilines is 2. The summed E-state index contributed by atoms with van der Waals surface area (Å²) in [6.07, 6.45) is 1.79. The highest BCUT2D eigenvalue weighted by Crippen LogP contribution is 2.27. The van der Waals surface area contributed by atoms with Crippen molar-refractivity contribution in [3.63, 3.8) is 0 Å². The number of nitrogens with zero attached hydrogens (tertiary/aromatic N) is 2. The zero-order chi connectivity index (χ0) is 13.9. The van der Waals surface area contributed by atoms with E-state index < -0.39 is 0 Å². The Balaban J connectivity index is 1.82. The fourth-order valence-electron chi connectivity index (χ4n) is 1.80. The molecule has 2 aromatic heterocycles. The Hall–Kier alpha value is -1.72. The van der Waals surface area contributed by atoms with Crippen LogP contribution in [0.25, 0.3) is 11.3 Å². The van der Waals surface area contributed by atoms with Gasteiger partial charge in [-0.3, -0.25) is 0 Å². The van der Waals surface area contributed by atoms with Crippen LogP contribution in [0.5, 0.6) is 0 Å². The van der Waals surface area contributed by atoms with Crippen LogP contribution in [0, 0.1) is 6.92 Å². The molecule has 0 saturated heterocycles. The summed E-state index contributed by atoms with van der Waals surface area (Å²) in [4.78, 5) is 8.87. The lowest BCUT2D eigenvalue weighted by atomic mass is 10.2. The van der Waals surface area contributed by atoms with Crippen LogP contribution >= 0.6 is 27.3 Å². The molecule has 0 aliphatic rings. The van der Waals surface area contributed by atoms with Crippen molar-refractivity contribution in [3.8, 4) is 11.3 Å². The normalized spacial score (nSPS) is 10.5. The Morgan fingerprint density at radius 1 is 1.15 bits per heavy atom. The minimum atomic E-state index is 0.821. The molecule has 0 fully saturated rings. The highest BCUT2D eigenvalue weighted by Gasteiger charge is 2.05. The predicted molar refractivity (Wildman–Crippen MR) is 87.5 cm³/mol. The summed E-state index contributed by atoms with van der Waals surface area (Å²) in [6.45, 7) is 2.04. The van der Waals surface area contributed by atoms with E-state index in [2.05, 4.69) is 31.2 Å². The minimum Gasteiger partial charge on any atom is -0.316 e. The standard InChI is InChI=1S/C15H12BrN3S/c1-10-6-7-17-14(8-10)19-15-18-13(9-20-15)11-2-4-12(16)5-3-11/h2-9H,1H3,(H,17,18,19). The number of pyridine rings is 1. The topological polar surface area (TPSA) is 37.8 Å². The van der Waals surface area contributed by atoms with Crippen molar-refractivity contribution in [1.82, 2.24) is 9.97 Å². The molecule has 0 radical (unpaired) electrons. The van der Waals surface area contributed by atoms with Gasteiger partial charge in [-0.1, -0.05) is 28.1 Å². The van der Waals surface area contributed by atoms with Gasteiger partial charge in [-0.25, -0.2) is 9.97 Å². The number of rotatable bonds is 3. The zero-order valence-electron chi connectivity index (χ0n) is 10.8. The SMILES string of the molecule is Cc1ccnc(Nc2nc(-c3ccc(Br)cc3)cs2)c1. The zero-order valence-corrected chi connectivity index (χ0v) is 13.2. The maximum atomic E-state index is 4.59. The van der Waals surface area contributed by atoms with E-state index in [1.807, 2.05) is 48.7 Å². The second-order valence-electron chi connectivity index (χ2n) is 4.39. The van der Waals surface area contributed by atoms with Gasteiger partial charge in [-0.15, -0.1) is 11.3 Å². The third-order valence-electron chi connectivity index (χ3n) is 2.79. The molecule has 1 aromatic carbocycles. The lowest BCUT2D eigenvalue weighted by Crippen LogP contribution is -1.92. The second-order valence-corrected chi connectivity index (χ2v) is 6.16. The quantitative estimate of drug-likeness (QED) is 0.724. The van der Waals surface area contributed by atoms with Gasteiger partial charge in [0.05, 0.1) is 5.69 Å². The van der Waals surface area contributed by atoms with Crippen LogP contribution < -0.4 is 5.32 Å². The lowest BCUT2D eigenvalue weighted by molar-refractivity contribution is 1.26. The van der Waals surface area contributed by atoms with Gasteiger partial charge in [-0.2, -0.15) is 0 Å². The van der Waals surface area contributed by atoms with Crippen molar-refractivity contribution in [2.45, 2.75) is 6.92 Å². The third kappa shape index (κ3) is 3.05. The summed E-state index contributed by atoms with van der Waals surface area (Å²) in [5.74, 6) is 0.821. The van der Waals surface area contributed by atoms with Gasteiger partial charge >= 0.3 is 0 Å². The molecule has 1 N–H and O–H groups in total. The molecule has 20 heavy (non-hydrogen) atoms. The number of hydrogen-bond acceptors (Lipinski definition) is 4. The minimum absolute atomic E-state index is 0.821. The first kappa shape index (κ1) is 13.3. The van der Waals surface area contributed by atoms with Gasteiger partial charge in [0.25, 0.3) is 0 Å². The number of thiazole rings is 1. The van der Waals surface area contributed by atoms with Crippen molar-refractivity contribution >= 4 is 38.2 Å². The Bertz CT molecular complexity index is 722. The van der Waals surface area contributed by atoms with Crippen molar-refractivity contribution < 1.29 is 0 Å². The summed E-state index contributed by atoms with van der Waals surface area (Å²) in [5, 5.41) is 6.12. The molecule has 3 aromatic rings. The van der Waals surface area contributed by atoms with Crippen molar-refractivity contribution in [1.29, 1.82) is 0 Å². The molecule has 0 aliphatic carbocycles. The maximum absolute atomic E-state index is 4.59. The molecule has 3 rings (SSSR count). The van der Waals surface area contributed by atoms with E-state index in [1.54, 1.807) is 17.5 Å². The van der Waals surface area contributed by atoms with Crippen molar-refractivity contribution in [3.05, 3.63) is 58.0 Å². The van der Waals surface area contributed by atoms with Gasteiger partial charge in [-0.05, 0) is 36.8 Å². The molecule has 3 nitrogen and oxygen atoms in total. The average molecular weight is 346 g/mol. The van der Waals surface area contributed by atoms with E-state index in [1.165, 1.54) is 5.56 Å². The smallest absolute Gasteiger partial charge is 0.188 e. The van der Waals surface area contributed by atoms with Crippen LogP contribution in [0.4, 0.5) is 10.9 Å². The van der Waals surface area contributed by atoms with Crippen LogP contribution in [0.2, 0.25) is 0 Å². The fraction of sp³-hybridized carbons (Fsp3) is 0.0667. The summed E-state index contributed by atoms with van der Waals surface area (Å²) in [6, 6.07) is 12.1. The van der Waals surface area contributed by atoms with Crippen LogP contribution in [0.15, 0.2) is 52.4 Å². The van der Waals surface area contributed by atoms with E-state index in [0.29, 0.717) is 0 Å². The maximum Gasteiger partial charge on any atom is 0.188 e. The number of aryl methyl sites for hydroxylation is 1. The van der Waals surface area contributed by atoms with Crippen LogP contribution in [0.3, 0.4) is 0 Å². The fourth-order valence-corrected chi connectivity index (χ4v) is 2.79. The highest BCUT2D eigenvalue weighted by molar-refractivity contribution is 9.10. The molecule has 0 aliphatic heterocycles. The van der Waals surface area contributed by atoms with Gasteiger partial charge < -0.3 is 5.32 Å². The first-order valence-electron chi connectivity index (χ1n) is 6.12. The number of nitrogens with one attached hydrogen (secondary N) is 1. The van der Waals surface area contributed by atoms with Crippen molar-refractivity contribution in [2.75, 3.05) is 5.32 Å². The lowest BCUT2D eigenvalue weighted by Gasteiger charge is -2.01. The number of hydrogen-bond donors (Lipinski definition) is 1. The molecule has 0 spiro atoms. The Kier molecular flexibility index (Phi) is 3.80. The number of halogens is 1. The van der Waals surface area contributed by atoms with Crippen LogP contribution in [-0.2, 0) is 0 Å². The predicted octanol–water partition coefficient (Wildman–Crippen LogP) is 5.02. The number of benzene rings is 1. The molecular formula is C15H12BrN3S. The van der Waals surface area contributed by atoms with E-state index in [9.17, 15) is 0 Å². The second kappa shape index (κ2) is 5.73. The molecule has 0 atom stereocenters. The molecule has 2 heterocycles. The number of aromatic nitrogens is 2. The highest BCUT2D eigenvalue weighted by atomic mass is 79.9. The third-order valence-corrected chi connectivity index (χ3v) is 4.08. The monoisotopic (exact) mass is 345 g/mol. The summed E-state index contributed by atoms with van der Waals surface area (Å²) in [7, 11) is 0. The Morgan fingerprint density at radius 2 is 1.95 bits per heavy atom. The van der Waals surface area contributed by atoms with Crippen LogP contribution in [0.1, 0.15) is 5.56 Å². The van der Waals surface area contributed by atoms with E-state index in [-0.39, 0.29) is 0 Å². The van der Waals surface area contributed by atoms with Gasteiger partial charge in [0.1, 0.15) is 5.82 Å². The summed E-state index contributed by atoms with van der Waals surface area (Å²) < 4.78 is 1.07. The average Bonchev–Trinajstić information content (AvgIpc) is 2.88. The molecule has 0 saturated carbocycles. The first-order chi connectivity index (χ1) is 9.70. The van der Waals surface area contributed by atoms with Crippen LogP contribution in [-0.4, -0.2) is 9.97 Å². The summed E-state index contributed by atoms with van der Waals surface area (Å²) in [5.41, 5.74) is 3.25. The van der Waals surface area contributed by atoms with Gasteiger partial charge in [0, 0.05) is 21.6 Å². The van der Waals surface area contributed by atoms with Crippen molar-refractivity contribution in [2.24, 2.45) is 0 Å².